The second-order valence-corrected chi connectivity index (χ2v) is 3.85. The maximum absolute atomic E-state index is 8.70. The minimum absolute atomic E-state index is 0.686. The maximum Gasteiger partial charge on any atom is 0.0991 e. The first-order chi connectivity index (χ1) is 8.29. The number of nitriles is 1. The molecule has 3 nitrogen and oxygen atoms in total. The zero-order valence-corrected chi connectivity index (χ0v) is 9.64. The van der Waals surface area contributed by atoms with Crippen LogP contribution in [0.4, 0.5) is 5.69 Å². The molecule has 1 aromatic carbocycles. The van der Waals surface area contributed by atoms with Gasteiger partial charge in [-0.1, -0.05) is 12.1 Å². The smallest absolute Gasteiger partial charge is 0.0991 e. The van der Waals surface area contributed by atoms with Crippen LogP contribution in [-0.4, -0.2) is 4.98 Å². The Morgan fingerprint density at radius 3 is 2.65 bits per heavy atom. The number of aryl methyl sites for hydroxylation is 1. The van der Waals surface area contributed by atoms with Gasteiger partial charge in [0.1, 0.15) is 0 Å². The molecular weight excluding hydrogens is 210 g/mol. The second-order valence-electron chi connectivity index (χ2n) is 3.85. The van der Waals surface area contributed by atoms with Crippen molar-refractivity contribution < 1.29 is 0 Å². The van der Waals surface area contributed by atoms with Crippen LogP contribution in [0, 0.1) is 18.3 Å². The molecule has 1 heterocycles. The zero-order valence-electron chi connectivity index (χ0n) is 9.64. The van der Waals surface area contributed by atoms with Gasteiger partial charge in [0.25, 0.3) is 0 Å². The molecule has 0 unspecified atom stereocenters. The molecule has 0 aliphatic carbocycles. The van der Waals surface area contributed by atoms with Crippen molar-refractivity contribution in [3.05, 3.63) is 59.4 Å². The predicted octanol–water partition coefficient (Wildman–Crippen LogP) is 2.87. The molecule has 84 valence electrons. The molecule has 0 aliphatic rings. The minimum atomic E-state index is 0.686. The number of pyridine rings is 1. The highest BCUT2D eigenvalue weighted by atomic mass is 14.9. The van der Waals surface area contributed by atoms with Crippen LogP contribution < -0.4 is 5.32 Å². The number of nitrogens with zero attached hydrogens (tertiary/aromatic N) is 2. The molecule has 0 fully saturated rings. The summed E-state index contributed by atoms with van der Waals surface area (Å²) in [5.74, 6) is 0. The summed E-state index contributed by atoms with van der Waals surface area (Å²) >= 11 is 0. The number of aromatic nitrogens is 1. The number of benzene rings is 1. The van der Waals surface area contributed by atoms with E-state index in [0.717, 1.165) is 17.8 Å². The van der Waals surface area contributed by atoms with E-state index in [0.29, 0.717) is 5.56 Å². The van der Waals surface area contributed by atoms with Gasteiger partial charge in [-0.15, -0.1) is 0 Å². The summed E-state index contributed by atoms with van der Waals surface area (Å²) in [6.45, 7) is 2.78. The van der Waals surface area contributed by atoms with Crippen LogP contribution in [0.1, 0.15) is 16.7 Å². The minimum Gasteiger partial charge on any atom is -0.380 e. The lowest BCUT2D eigenvalue weighted by atomic mass is 10.1. The first-order valence-corrected chi connectivity index (χ1v) is 5.43. The van der Waals surface area contributed by atoms with Crippen LogP contribution in [0.25, 0.3) is 0 Å². The summed E-state index contributed by atoms with van der Waals surface area (Å²) in [5.41, 5.74) is 4.05. The van der Waals surface area contributed by atoms with Crippen molar-refractivity contribution in [1.29, 1.82) is 5.26 Å². The highest BCUT2D eigenvalue weighted by Gasteiger charge is 1.97. The van der Waals surface area contributed by atoms with E-state index in [4.69, 9.17) is 5.26 Å². The lowest BCUT2D eigenvalue weighted by Gasteiger charge is -2.08. The molecule has 1 aromatic heterocycles. The molecule has 0 atom stereocenters. The third-order valence-electron chi connectivity index (χ3n) is 2.61. The van der Waals surface area contributed by atoms with Crippen molar-refractivity contribution >= 4 is 5.69 Å². The van der Waals surface area contributed by atoms with Crippen LogP contribution in [0.2, 0.25) is 0 Å². The Morgan fingerprint density at radius 1 is 1.24 bits per heavy atom. The third kappa shape index (κ3) is 2.82. The molecule has 0 aliphatic heterocycles. The van der Waals surface area contributed by atoms with E-state index in [-0.39, 0.29) is 0 Å². The molecule has 1 N–H and O–H groups in total. The molecule has 2 rings (SSSR count). The van der Waals surface area contributed by atoms with E-state index in [1.165, 1.54) is 5.56 Å². The van der Waals surface area contributed by atoms with Gasteiger partial charge in [-0.25, -0.2) is 0 Å². The average molecular weight is 223 g/mol. The summed E-state index contributed by atoms with van der Waals surface area (Å²) in [6.07, 6.45) is 3.60. The van der Waals surface area contributed by atoms with Crippen molar-refractivity contribution in [2.45, 2.75) is 13.5 Å². The summed E-state index contributed by atoms with van der Waals surface area (Å²) in [7, 11) is 0. The van der Waals surface area contributed by atoms with E-state index in [1.54, 1.807) is 6.20 Å². The SMILES string of the molecule is Cc1ccncc1NCc1ccc(C#N)cc1. The second kappa shape index (κ2) is 5.13. The first kappa shape index (κ1) is 11.2. The van der Waals surface area contributed by atoms with Gasteiger partial charge < -0.3 is 5.32 Å². The Balaban J connectivity index is 2.03. The number of hydrogen-bond acceptors (Lipinski definition) is 3. The van der Waals surface area contributed by atoms with Gasteiger partial charge in [-0.3, -0.25) is 4.98 Å². The van der Waals surface area contributed by atoms with E-state index >= 15 is 0 Å². The van der Waals surface area contributed by atoms with E-state index in [1.807, 2.05) is 43.5 Å². The standard InChI is InChI=1S/C14H13N3/c1-11-6-7-16-10-14(11)17-9-13-4-2-12(8-15)3-5-13/h2-7,10,17H,9H2,1H3. The number of rotatable bonds is 3. The topological polar surface area (TPSA) is 48.7 Å². The summed E-state index contributed by atoms with van der Waals surface area (Å²) < 4.78 is 0. The Labute approximate surface area is 101 Å². The lowest BCUT2D eigenvalue weighted by molar-refractivity contribution is 1.12. The maximum atomic E-state index is 8.70. The van der Waals surface area contributed by atoms with Crippen molar-refractivity contribution in [3.63, 3.8) is 0 Å². The average Bonchev–Trinajstić information content (AvgIpc) is 2.38. The molecular formula is C14H13N3. The Kier molecular flexibility index (Phi) is 3.37. The van der Waals surface area contributed by atoms with Gasteiger partial charge in [0, 0.05) is 12.7 Å². The predicted molar refractivity (Wildman–Crippen MR) is 67.5 cm³/mol. The van der Waals surface area contributed by atoms with Crippen LogP contribution in [0.15, 0.2) is 42.7 Å². The van der Waals surface area contributed by atoms with Crippen molar-refractivity contribution in [1.82, 2.24) is 4.98 Å². The molecule has 0 bridgehead atoms. The molecule has 0 saturated carbocycles. The number of nitrogens with one attached hydrogen (secondary N) is 1. The van der Waals surface area contributed by atoms with E-state index in [9.17, 15) is 0 Å². The number of anilines is 1. The van der Waals surface area contributed by atoms with Gasteiger partial charge in [-0.05, 0) is 36.2 Å². The van der Waals surface area contributed by atoms with Gasteiger partial charge in [0.15, 0.2) is 0 Å². The van der Waals surface area contributed by atoms with Crippen LogP contribution in [0.3, 0.4) is 0 Å². The van der Waals surface area contributed by atoms with Gasteiger partial charge in [0.2, 0.25) is 0 Å². The largest absolute Gasteiger partial charge is 0.380 e. The van der Waals surface area contributed by atoms with E-state index < -0.39 is 0 Å². The van der Waals surface area contributed by atoms with Crippen LogP contribution in [-0.2, 0) is 6.54 Å². The van der Waals surface area contributed by atoms with Crippen molar-refractivity contribution in [2.75, 3.05) is 5.32 Å². The summed E-state index contributed by atoms with van der Waals surface area (Å²) in [5, 5.41) is 12.0. The fraction of sp³-hybridized carbons (Fsp3) is 0.143. The lowest BCUT2D eigenvalue weighted by Crippen LogP contribution is -2.01. The Morgan fingerprint density at radius 2 is 2.00 bits per heavy atom. The first-order valence-electron chi connectivity index (χ1n) is 5.43. The fourth-order valence-electron chi connectivity index (χ4n) is 1.54. The monoisotopic (exact) mass is 223 g/mol. The van der Waals surface area contributed by atoms with Crippen LogP contribution in [0.5, 0.6) is 0 Å². The summed E-state index contributed by atoms with van der Waals surface area (Å²) in [4.78, 5) is 4.08. The molecule has 17 heavy (non-hydrogen) atoms. The molecule has 0 saturated heterocycles. The molecule has 3 heteroatoms. The zero-order chi connectivity index (χ0) is 12.1. The van der Waals surface area contributed by atoms with Crippen molar-refractivity contribution in [2.24, 2.45) is 0 Å². The molecule has 0 amide bonds. The highest BCUT2D eigenvalue weighted by Crippen LogP contribution is 2.13. The fourth-order valence-corrected chi connectivity index (χ4v) is 1.54. The van der Waals surface area contributed by atoms with Crippen LogP contribution >= 0.6 is 0 Å². The highest BCUT2D eigenvalue weighted by molar-refractivity contribution is 5.48. The van der Waals surface area contributed by atoms with E-state index in [2.05, 4.69) is 16.4 Å². The van der Waals surface area contributed by atoms with Gasteiger partial charge >= 0.3 is 0 Å². The third-order valence-corrected chi connectivity index (χ3v) is 2.61. The molecule has 0 radical (unpaired) electrons. The molecule has 0 spiro atoms. The Hall–Kier alpha value is -2.34. The Bertz CT molecular complexity index is 538. The van der Waals surface area contributed by atoms with Crippen molar-refractivity contribution in [3.8, 4) is 6.07 Å². The normalized spacial score (nSPS) is 9.65. The van der Waals surface area contributed by atoms with Gasteiger partial charge in [-0.2, -0.15) is 5.26 Å². The number of hydrogen-bond donors (Lipinski definition) is 1. The quantitative estimate of drug-likeness (QED) is 0.870. The van der Waals surface area contributed by atoms with Gasteiger partial charge in [0.05, 0.1) is 23.5 Å². The molecule has 2 aromatic rings. The summed E-state index contributed by atoms with van der Waals surface area (Å²) in [6, 6.07) is 11.6.